The molecule has 9 nitrogen and oxygen atoms in total. The highest BCUT2D eigenvalue weighted by atomic mass is 16.6. The molecule has 1 aromatic carbocycles. The molecule has 0 aliphatic carbocycles. The summed E-state index contributed by atoms with van der Waals surface area (Å²) in [5, 5.41) is 9.79. The number of carbonyl (C=O) groups excluding carboxylic acids is 3. The van der Waals surface area contributed by atoms with Crippen molar-refractivity contribution in [1.82, 2.24) is 0 Å². The first-order chi connectivity index (χ1) is 16.1. The number of hydrogen-bond donors (Lipinski definition) is 2. The molecule has 0 saturated carbocycles. The van der Waals surface area contributed by atoms with Gasteiger partial charge in [0.25, 0.3) is 0 Å². The van der Waals surface area contributed by atoms with E-state index in [9.17, 15) is 24.3 Å². The smallest absolute Gasteiger partial charge is 0.324 e. The van der Waals surface area contributed by atoms with E-state index >= 15 is 0 Å². The average molecular weight is 494 g/mol. The van der Waals surface area contributed by atoms with E-state index in [4.69, 9.17) is 19.9 Å². The molecule has 0 spiro atoms. The lowest BCUT2D eigenvalue weighted by molar-refractivity contribution is -0.151. The van der Waals surface area contributed by atoms with E-state index in [1.165, 1.54) is 19.1 Å². The molecule has 3 N–H and O–H groups in total. The second kappa shape index (κ2) is 12.7. The second-order valence-electron chi connectivity index (χ2n) is 9.95. The third kappa shape index (κ3) is 8.98. The summed E-state index contributed by atoms with van der Waals surface area (Å²) in [6.07, 6.45) is -1.01. The van der Waals surface area contributed by atoms with Gasteiger partial charge in [-0.1, -0.05) is 47.6 Å². The summed E-state index contributed by atoms with van der Waals surface area (Å²) in [6.45, 7) is 13.8. The lowest BCUT2D eigenvalue weighted by Crippen LogP contribution is -2.52. The zero-order valence-electron chi connectivity index (χ0n) is 21.9. The molecule has 0 fully saturated rings. The Morgan fingerprint density at radius 2 is 1.37 bits per heavy atom. The fraction of sp³-hybridized carbons (Fsp3) is 0.615. The van der Waals surface area contributed by atoms with Crippen molar-refractivity contribution in [2.45, 2.75) is 79.9 Å². The van der Waals surface area contributed by atoms with Gasteiger partial charge in [0.1, 0.15) is 11.6 Å². The number of rotatable bonds is 12. The molecule has 0 aromatic heterocycles. The van der Waals surface area contributed by atoms with Crippen molar-refractivity contribution in [3.05, 3.63) is 23.8 Å². The Bertz CT molecular complexity index is 926. The van der Waals surface area contributed by atoms with E-state index in [0.29, 0.717) is 5.56 Å². The maximum Gasteiger partial charge on any atom is 0.324 e. The number of ether oxygens (including phenoxy) is 3. The van der Waals surface area contributed by atoms with E-state index in [-0.39, 0.29) is 42.1 Å². The summed E-state index contributed by atoms with van der Waals surface area (Å²) in [5.74, 6) is -3.49. The lowest BCUT2D eigenvalue weighted by atomic mass is 9.86. The molecule has 0 bridgehead atoms. The summed E-state index contributed by atoms with van der Waals surface area (Å²) in [7, 11) is 0. The molecule has 0 aliphatic rings. The summed E-state index contributed by atoms with van der Waals surface area (Å²) >= 11 is 0. The van der Waals surface area contributed by atoms with Crippen LogP contribution in [0.1, 0.15) is 67.4 Å². The van der Waals surface area contributed by atoms with Gasteiger partial charge < -0.3 is 25.1 Å². The summed E-state index contributed by atoms with van der Waals surface area (Å²) < 4.78 is 16.2. The quantitative estimate of drug-likeness (QED) is 0.329. The van der Waals surface area contributed by atoms with Crippen LogP contribution in [0.25, 0.3) is 0 Å². The van der Waals surface area contributed by atoms with Crippen molar-refractivity contribution < 1.29 is 38.5 Å². The monoisotopic (exact) mass is 493 g/mol. The minimum atomic E-state index is -1.76. The van der Waals surface area contributed by atoms with Crippen molar-refractivity contribution in [2.75, 3.05) is 0 Å². The molecular weight excluding hydrogens is 454 g/mol. The lowest BCUT2D eigenvalue weighted by Gasteiger charge is -2.28. The van der Waals surface area contributed by atoms with Crippen LogP contribution in [0.15, 0.2) is 18.2 Å². The molecule has 0 amide bonds. The van der Waals surface area contributed by atoms with E-state index in [1.54, 1.807) is 26.8 Å². The van der Waals surface area contributed by atoms with E-state index < -0.39 is 41.4 Å². The van der Waals surface area contributed by atoms with Gasteiger partial charge in [-0.3, -0.25) is 19.2 Å². The number of benzene rings is 1. The van der Waals surface area contributed by atoms with Crippen LogP contribution in [0.5, 0.6) is 11.5 Å². The molecule has 0 aliphatic heterocycles. The second-order valence-corrected chi connectivity index (χ2v) is 9.95. The van der Waals surface area contributed by atoms with Gasteiger partial charge in [-0.25, -0.2) is 0 Å². The molecule has 1 rings (SSSR count). The van der Waals surface area contributed by atoms with Crippen LogP contribution in [0, 0.1) is 23.7 Å². The molecule has 4 atom stereocenters. The van der Waals surface area contributed by atoms with Gasteiger partial charge in [0, 0.05) is 19.8 Å². The number of aliphatic carboxylic acids is 1. The fourth-order valence-corrected chi connectivity index (χ4v) is 3.21. The minimum Gasteiger partial charge on any atom is -0.480 e. The molecule has 0 radical (unpaired) electrons. The predicted octanol–water partition coefficient (Wildman–Crippen LogP) is 3.75. The standard InChI is InChI=1S/C26H39NO8/c1-14(2)17(6)23(29)34-21-10-9-20(11-22(21)35-24(30)18(7)15(3)4)13-26(27,25(31)32)12-16(5)33-19(8)28/h9-11,14-18H,12-13,27H2,1-8H3,(H,31,32)/t16-,17?,18?,26?/m0/s1. The summed E-state index contributed by atoms with van der Waals surface area (Å²) in [4.78, 5) is 48.4. The predicted molar refractivity (Wildman–Crippen MR) is 130 cm³/mol. The highest BCUT2D eigenvalue weighted by Crippen LogP contribution is 2.33. The van der Waals surface area contributed by atoms with E-state index in [2.05, 4.69) is 0 Å². The Hall–Kier alpha value is -2.94. The Morgan fingerprint density at radius 1 is 0.886 bits per heavy atom. The van der Waals surface area contributed by atoms with Gasteiger partial charge >= 0.3 is 23.9 Å². The summed E-state index contributed by atoms with van der Waals surface area (Å²) in [5.41, 5.74) is 4.88. The van der Waals surface area contributed by atoms with Gasteiger partial charge in [0.05, 0.1) is 11.8 Å². The Balaban J connectivity index is 3.33. The molecule has 1 aromatic rings. The maximum absolute atomic E-state index is 12.7. The third-order valence-electron chi connectivity index (χ3n) is 6.14. The van der Waals surface area contributed by atoms with E-state index in [1.807, 2.05) is 27.7 Å². The molecule has 196 valence electrons. The minimum absolute atomic E-state index is 0.00470. The van der Waals surface area contributed by atoms with Gasteiger partial charge in [-0.05, 0) is 36.5 Å². The first-order valence-electron chi connectivity index (χ1n) is 11.8. The Labute approximate surface area is 207 Å². The van der Waals surface area contributed by atoms with E-state index in [0.717, 1.165) is 0 Å². The highest BCUT2D eigenvalue weighted by Gasteiger charge is 2.37. The van der Waals surface area contributed by atoms with Crippen molar-refractivity contribution in [1.29, 1.82) is 0 Å². The van der Waals surface area contributed by atoms with Crippen LogP contribution < -0.4 is 15.2 Å². The number of nitrogens with two attached hydrogens (primary N) is 1. The van der Waals surface area contributed by atoms with Gasteiger partial charge in [0.2, 0.25) is 0 Å². The maximum atomic E-state index is 12.7. The normalized spacial score (nSPS) is 15.6. The molecule has 0 saturated heterocycles. The van der Waals surface area contributed by atoms with Crippen LogP contribution >= 0.6 is 0 Å². The average Bonchev–Trinajstić information content (AvgIpc) is 2.73. The first-order valence-corrected chi connectivity index (χ1v) is 11.8. The Kier molecular flexibility index (Phi) is 10.9. The number of hydrogen-bond acceptors (Lipinski definition) is 8. The van der Waals surface area contributed by atoms with Gasteiger partial charge in [-0.2, -0.15) is 0 Å². The zero-order valence-corrected chi connectivity index (χ0v) is 21.9. The van der Waals surface area contributed by atoms with Crippen LogP contribution in [0.3, 0.4) is 0 Å². The molecular formula is C26H39NO8. The van der Waals surface area contributed by atoms with Gasteiger partial charge in [0.15, 0.2) is 11.5 Å². The molecule has 3 unspecified atom stereocenters. The zero-order chi connectivity index (χ0) is 27.1. The summed E-state index contributed by atoms with van der Waals surface area (Å²) in [6, 6.07) is 4.47. The van der Waals surface area contributed by atoms with Crippen LogP contribution in [0.2, 0.25) is 0 Å². The molecule has 35 heavy (non-hydrogen) atoms. The Morgan fingerprint density at radius 3 is 1.80 bits per heavy atom. The highest BCUT2D eigenvalue weighted by molar-refractivity contribution is 5.80. The SMILES string of the molecule is CC(=O)O[C@@H](C)CC(N)(Cc1ccc(OC(=O)C(C)C(C)C)c(OC(=O)C(C)C(C)C)c1)C(=O)O. The number of esters is 3. The molecule has 0 heterocycles. The van der Waals surface area contributed by atoms with Crippen LogP contribution in [0.4, 0.5) is 0 Å². The van der Waals surface area contributed by atoms with Crippen molar-refractivity contribution in [3.8, 4) is 11.5 Å². The van der Waals surface area contributed by atoms with Crippen molar-refractivity contribution >= 4 is 23.9 Å². The van der Waals surface area contributed by atoms with Crippen LogP contribution in [-0.4, -0.2) is 40.6 Å². The number of carboxylic acid groups (broad SMARTS) is 1. The molecule has 9 heteroatoms. The van der Waals surface area contributed by atoms with Crippen molar-refractivity contribution in [3.63, 3.8) is 0 Å². The fourth-order valence-electron chi connectivity index (χ4n) is 3.21. The third-order valence-corrected chi connectivity index (χ3v) is 6.14. The number of carbonyl (C=O) groups is 4. The largest absolute Gasteiger partial charge is 0.480 e. The number of carboxylic acids is 1. The van der Waals surface area contributed by atoms with Gasteiger partial charge in [-0.15, -0.1) is 0 Å². The van der Waals surface area contributed by atoms with Crippen molar-refractivity contribution in [2.24, 2.45) is 29.4 Å². The topological polar surface area (TPSA) is 142 Å². The van der Waals surface area contributed by atoms with Crippen LogP contribution in [-0.2, 0) is 30.3 Å². The first kappa shape index (κ1) is 30.1.